The lowest BCUT2D eigenvalue weighted by Crippen LogP contribution is -2.17. The highest BCUT2D eigenvalue weighted by Gasteiger charge is 2.11. The van der Waals surface area contributed by atoms with Crippen LogP contribution < -0.4 is 15.6 Å². The van der Waals surface area contributed by atoms with Crippen LogP contribution in [-0.2, 0) is 0 Å². The van der Waals surface area contributed by atoms with Crippen LogP contribution in [0, 0.1) is 0 Å². The van der Waals surface area contributed by atoms with Gasteiger partial charge in [-0.25, -0.2) is 4.98 Å². The molecule has 0 radical (unpaired) electrons. The molecule has 1 atom stereocenters. The predicted molar refractivity (Wildman–Crippen MR) is 71.3 cm³/mol. The van der Waals surface area contributed by atoms with E-state index in [0.29, 0.717) is 5.82 Å². The molecule has 1 unspecified atom stereocenters. The van der Waals surface area contributed by atoms with E-state index in [-0.39, 0.29) is 17.9 Å². The van der Waals surface area contributed by atoms with E-state index in [1.165, 1.54) is 13.4 Å². The van der Waals surface area contributed by atoms with Crippen LogP contribution in [0.2, 0.25) is 0 Å². The largest absolute Gasteiger partial charge is 0.489 e. The van der Waals surface area contributed by atoms with E-state index < -0.39 is 6.10 Å². The van der Waals surface area contributed by atoms with Gasteiger partial charge in [-0.05, 0) is 5.56 Å². The molecule has 0 saturated heterocycles. The molecule has 1 aromatic carbocycles. The smallest absolute Gasteiger partial charge is 0.295 e. The lowest BCUT2D eigenvalue weighted by Gasteiger charge is -2.13. The number of aromatic amines is 1. The van der Waals surface area contributed by atoms with Crippen molar-refractivity contribution in [2.75, 3.05) is 19.0 Å². The lowest BCUT2D eigenvalue weighted by molar-refractivity contribution is 0.191. The van der Waals surface area contributed by atoms with Gasteiger partial charge in [-0.2, -0.15) is 0 Å². The summed E-state index contributed by atoms with van der Waals surface area (Å²) in [7, 11) is 1.39. The van der Waals surface area contributed by atoms with Crippen molar-refractivity contribution >= 4 is 5.82 Å². The SMILES string of the molecule is COc1c(NCC(O)c2ccccc2)nc[nH]c1=O. The number of benzene rings is 1. The Morgan fingerprint density at radius 1 is 1.42 bits per heavy atom. The topological polar surface area (TPSA) is 87.2 Å². The van der Waals surface area contributed by atoms with Gasteiger partial charge in [0.05, 0.1) is 19.5 Å². The minimum Gasteiger partial charge on any atom is -0.489 e. The zero-order valence-corrected chi connectivity index (χ0v) is 10.5. The molecule has 0 aliphatic rings. The molecule has 0 bridgehead atoms. The van der Waals surface area contributed by atoms with Gasteiger partial charge in [0.25, 0.3) is 5.56 Å². The molecule has 1 aromatic heterocycles. The number of H-pyrrole nitrogens is 1. The van der Waals surface area contributed by atoms with Gasteiger partial charge < -0.3 is 20.1 Å². The summed E-state index contributed by atoms with van der Waals surface area (Å²) in [5.74, 6) is 0.406. The van der Waals surface area contributed by atoms with Crippen molar-refractivity contribution in [2.24, 2.45) is 0 Å². The molecule has 0 aliphatic carbocycles. The Morgan fingerprint density at radius 3 is 2.84 bits per heavy atom. The average Bonchev–Trinajstić information content (AvgIpc) is 2.45. The number of hydrogen-bond donors (Lipinski definition) is 3. The number of rotatable bonds is 5. The molecule has 1 heterocycles. The van der Waals surface area contributed by atoms with Gasteiger partial charge in [0.15, 0.2) is 5.82 Å². The second kappa shape index (κ2) is 6.01. The number of nitrogens with one attached hydrogen (secondary N) is 2. The zero-order valence-electron chi connectivity index (χ0n) is 10.5. The molecule has 0 saturated carbocycles. The van der Waals surface area contributed by atoms with Gasteiger partial charge in [-0.3, -0.25) is 4.79 Å². The van der Waals surface area contributed by atoms with Crippen LogP contribution >= 0.6 is 0 Å². The Labute approximate surface area is 110 Å². The van der Waals surface area contributed by atoms with Gasteiger partial charge in [-0.15, -0.1) is 0 Å². The minimum atomic E-state index is -0.688. The number of aliphatic hydroxyl groups excluding tert-OH is 1. The normalized spacial score (nSPS) is 11.9. The molecule has 6 heteroatoms. The van der Waals surface area contributed by atoms with Crippen LogP contribution in [0.25, 0.3) is 0 Å². The van der Waals surface area contributed by atoms with Crippen LogP contribution in [-0.4, -0.2) is 28.7 Å². The second-order valence-electron chi connectivity index (χ2n) is 3.92. The van der Waals surface area contributed by atoms with E-state index >= 15 is 0 Å². The fraction of sp³-hybridized carbons (Fsp3) is 0.231. The van der Waals surface area contributed by atoms with Crippen molar-refractivity contribution in [1.82, 2.24) is 9.97 Å². The third-order valence-corrected chi connectivity index (χ3v) is 2.66. The first kappa shape index (κ1) is 13.1. The summed E-state index contributed by atoms with van der Waals surface area (Å²) in [4.78, 5) is 17.9. The first-order valence-electron chi connectivity index (χ1n) is 5.81. The van der Waals surface area contributed by atoms with E-state index in [1.54, 1.807) is 0 Å². The lowest BCUT2D eigenvalue weighted by atomic mass is 10.1. The number of nitrogens with zero attached hydrogens (tertiary/aromatic N) is 1. The number of anilines is 1. The number of methoxy groups -OCH3 is 1. The summed E-state index contributed by atoms with van der Waals surface area (Å²) < 4.78 is 4.96. The molecular formula is C13H15N3O3. The first-order valence-corrected chi connectivity index (χ1v) is 5.81. The van der Waals surface area contributed by atoms with E-state index in [1.807, 2.05) is 30.3 Å². The molecule has 0 fully saturated rings. The van der Waals surface area contributed by atoms with Crippen LogP contribution in [0.1, 0.15) is 11.7 Å². The molecule has 100 valence electrons. The highest BCUT2D eigenvalue weighted by molar-refractivity contribution is 5.48. The molecule has 3 N–H and O–H groups in total. The standard InChI is InChI=1S/C13H15N3O3/c1-19-11-12(15-8-16-13(11)18)14-7-10(17)9-5-3-2-4-6-9/h2-6,8,10,17H,7H2,1H3,(H2,14,15,16,18). The van der Waals surface area contributed by atoms with Gasteiger partial charge in [0, 0.05) is 6.54 Å². The van der Waals surface area contributed by atoms with Crippen molar-refractivity contribution in [1.29, 1.82) is 0 Å². The Balaban J connectivity index is 2.07. The van der Waals surface area contributed by atoms with Crippen molar-refractivity contribution < 1.29 is 9.84 Å². The van der Waals surface area contributed by atoms with Gasteiger partial charge >= 0.3 is 0 Å². The summed E-state index contributed by atoms with van der Waals surface area (Å²) >= 11 is 0. The van der Waals surface area contributed by atoms with Gasteiger partial charge in [0.2, 0.25) is 5.75 Å². The number of aromatic nitrogens is 2. The van der Waals surface area contributed by atoms with E-state index in [0.717, 1.165) is 5.56 Å². The predicted octanol–water partition coefficient (Wildman–Crippen LogP) is 0.924. The van der Waals surface area contributed by atoms with E-state index in [9.17, 15) is 9.90 Å². The molecular weight excluding hydrogens is 246 g/mol. The summed E-state index contributed by atoms with van der Waals surface area (Å²) in [6, 6.07) is 9.24. The summed E-state index contributed by atoms with van der Waals surface area (Å²) in [6.45, 7) is 0.233. The average molecular weight is 261 g/mol. The highest BCUT2D eigenvalue weighted by atomic mass is 16.5. The molecule has 2 rings (SSSR count). The third-order valence-electron chi connectivity index (χ3n) is 2.66. The second-order valence-corrected chi connectivity index (χ2v) is 3.92. The Bertz CT molecular complexity index is 583. The Hall–Kier alpha value is -2.34. The summed E-state index contributed by atoms with van der Waals surface area (Å²) in [5.41, 5.74) is 0.424. The Morgan fingerprint density at radius 2 is 2.16 bits per heavy atom. The molecule has 19 heavy (non-hydrogen) atoms. The fourth-order valence-electron chi connectivity index (χ4n) is 1.69. The summed E-state index contributed by atoms with van der Waals surface area (Å²) in [6.07, 6.45) is 0.592. The van der Waals surface area contributed by atoms with Crippen LogP contribution in [0.15, 0.2) is 41.5 Å². The molecule has 2 aromatic rings. The van der Waals surface area contributed by atoms with Gasteiger partial charge in [0.1, 0.15) is 0 Å². The van der Waals surface area contributed by atoms with Gasteiger partial charge in [-0.1, -0.05) is 30.3 Å². The van der Waals surface area contributed by atoms with Crippen LogP contribution in [0.5, 0.6) is 5.75 Å². The first-order chi connectivity index (χ1) is 9.22. The molecule has 0 spiro atoms. The molecule has 0 aliphatic heterocycles. The number of hydrogen-bond acceptors (Lipinski definition) is 5. The van der Waals surface area contributed by atoms with Crippen molar-refractivity contribution in [3.8, 4) is 5.75 Å². The van der Waals surface area contributed by atoms with E-state index in [4.69, 9.17) is 4.74 Å². The molecule has 0 amide bonds. The maximum Gasteiger partial charge on any atom is 0.295 e. The Kier molecular flexibility index (Phi) is 4.15. The quantitative estimate of drug-likeness (QED) is 0.745. The monoisotopic (exact) mass is 261 g/mol. The van der Waals surface area contributed by atoms with Crippen LogP contribution in [0.4, 0.5) is 5.82 Å². The number of aliphatic hydroxyl groups is 1. The van der Waals surface area contributed by atoms with Crippen molar-refractivity contribution in [3.63, 3.8) is 0 Å². The minimum absolute atomic E-state index is 0.0998. The van der Waals surface area contributed by atoms with Crippen molar-refractivity contribution in [2.45, 2.75) is 6.10 Å². The fourth-order valence-corrected chi connectivity index (χ4v) is 1.69. The van der Waals surface area contributed by atoms with Crippen molar-refractivity contribution in [3.05, 3.63) is 52.6 Å². The molecule has 6 nitrogen and oxygen atoms in total. The van der Waals surface area contributed by atoms with Crippen LogP contribution in [0.3, 0.4) is 0 Å². The highest BCUT2D eigenvalue weighted by Crippen LogP contribution is 2.17. The van der Waals surface area contributed by atoms with E-state index in [2.05, 4.69) is 15.3 Å². The number of ether oxygens (including phenoxy) is 1. The summed E-state index contributed by atoms with van der Waals surface area (Å²) in [5, 5.41) is 12.9. The maximum atomic E-state index is 11.5. The maximum absolute atomic E-state index is 11.5. The third kappa shape index (κ3) is 3.11. The zero-order chi connectivity index (χ0) is 13.7.